The van der Waals surface area contributed by atoms with Crippen LogP contribution in [0.4, 0.5) is 0 Å². The molecule has 0 radical (unpaired) electrons. The van der Waals surface area contributed by atoms with E-state index in [1.54, 1.807) is 4.90 Å². The largest absolute Gasteiger partial charge is 0.491 e. The lowest BCUT2D eigenvalue weighted by Crippen LogP contribution is -2.52. The quantitative estimate of drug-likeness (QED) is 0.830. The molecule has 2 aromatic rings. The van der Waals surface area contributed by atoms with Crippen LogP contribution < -0.4 is 10.1 Å². The van der Waals surface area contributed by atoms with Crippen molar-refractivity contribution in [2.75, 3.05) is 0 Å². The van der Waals surface area contributed by atoms with Crippen molar-refractivity contribution in [3.63, 3.8) is 0 Å². The lowest BCUT2D eigenvalue weighted by molar-refractivity contribution is -0.136. The molecular formula is C22H22N2O4. The maximum atomic E-state index is 12.8. The number of nitrogens with zero attached hydrogens (tertiary/aromatic N) is 1. The van der Waals surface area contributed by atoms with Gasteiger partial charge in [-0.1, -0.05) is 18.2 Å². The molecule has 6 nitrogen and oxygen atoms in total. The van der Waals surface area contributed by atoms with Gasteiger partial charge >= 0.3 is 0 Å². The van der Waals surface area contributed by atoms with E-state index in [0.29, 0.717) is 18.5 Å². The van der Waals surface area contributed by atoms with E-state index < -0.39 is 11.9 Å². The Labute approximate surface area is 163 Å². The molecule has 0 aliphatic carbocycles. The van der Waals surface area contributed by atoms with Gasteiger partial charge in [-0.05, 0) is 61.2 Å². The molecule has 1 atom stereocenters. The van der Waals surface area contributed by atoms with Gasteiger partial charge in [0.15, 0.2) is 0 Å². The zero-order chi connectivity index (χ0) is 19.8. The number of hydrogen-bond donors (Lipinski definition) is 1. The molecule has 4 rings (SSSR count). The molecule has 1 saturated heterocycles. The van der Waals surface area contributed by atoms with E-state index in [1.807, 2.05) is 56.3 Å². The summed E-state index contributed by atoms with van der Waals surface area (Å²) in [5.41, 5.74) is 3.56. The van der Waals surface area contributed by atoms with Gasteiger partial charge in [0.05, 0.1) is 6.10 Å². The SMILES string of the molecule is CC(C)Oc1ccc(-c2ccc3c(c2)CN(C2CCC(=O)NC2=O)C3=O)cc1. The highest BCUT2D eigenvalue weighted by Crippen LogP contribution is 2.31. The predicted molar refractivity (Wildman–Crippen MR) is 104 cm³/mol. The number of carbonyl (C=O) groups excluding carboxylic acids is 3. The molecule has 6 heteroatoms. The van der Waals surface area contributed by atoms with Crippen molar-refractivity contribution in [2.24, 2.45) is 0 Å². The second-order valence-corrected chi connectivity index (χ2v) is 7.46. The number of fused-ring (bicyclic) bond motifs is 1. The molecule has 28 heavy (non-hydrogen) atoms. The molecule has 0 aromatic heterocycles. The number of amides is 3. The Morgan fingerprint density at radius 1 is 1.04 bits per heavy atom. The minimum absolute atomic E-state index is 0.120. The lowest BCUT2D eigenvalue weighted by atomic mass is 10.0. The third-order valence-corrected chi connectivity index (χ3v) is 5.08. The predicted octanol–water partition coefficient (Wildman–Crippen LogP) is 2.90. The summed E-state index contributed by atoms with van der Waals surface area (Å²) in [6.45, 7) is 4.35. The molecule has 2 heterocycles. The minimum atomic E-state index is -0.589. The summed E-state index contributed by atoms with van der Waals surface area (Å²) in [5.74, 6) is -0.00758. The molecule has 2 aliphatic heterocycles. The fourth-order valence-corrected chi connectivity index (χ4v) is 3.75. The highest BCUT2D eigenvalue weighted by molar-refractivity contribution is 6.05. The van der Waals surface area contributed by atoms with Crippen molar-refractivity contribution in [3.05, 3.63) is 53.6 Å². The Kier molecular flexibility index (Phi) is 4.63. The van der Waals surface area contributed by atoms with Crippen molar-refractivity contribution in [1.29, 1.82) is 0 Å². The molecule has 2 aromatic carbocycles. The second-order valence-electron chi connectivity index (χ2n) is 7.46. The summed E-state index contributed by atoms with van der Waals surface area (Å²) in [7, 11) is 0. The third-order valence-electron chi connectivity index (χ3n) is 5.08. The molecule has 1 unspecified atom stereocenters. The first kappa shape index (κ1) is 18.2. The minimum Gasteiger partial charge on any atom is -0.491 e. The average molecular weight is 378 g/mol. The van der Waals surface area contributed by atoms with E-state index in [-0.39, 0.29) is 24.3 Å². The van der Waals surface area contributed by atoms with Gasteiger partial charge < -0.3 is 9.64 Å². The first-order valence-electron chi connectivity index (χ1n) is 9.47. The van der Waals surface area contributed by atoms with Crippen molar-refractivity contribution < 1.29 is 19.1 Å². The molecule has 2 aliphatic rings. The summed E-state index contributed by atoms with van der Waals surface area (Å²) in [5, 5.41) is 2.33. The van der Waals surface area contributed by atoms with Gasteiger partial charge in [-0.15, -0.1) is 0 Å². The van der Waals surface area contributed by atoms with Gasteiger partial charge in [-0.2, -0.15) is 0 Å². The first-order valence-corrected chi connectivity index (χ1v) is 9.47. The second kappa shape index (κ2) is 7.11. The molecular weight excluding hydrogens is 356 g/mol. The maximum absolute atomic E-state index is 12.8. The number of benzene rings is 2. The summed E-state index contributed by atoms with van der Waals surface area (Å²) in [4.78, 5) is 37.8. The molecule has 1 fully saturated rings. The Hall–Kier alpha value is -3.15. The normalized spacial score (nSPS) is 19.0. The van der Waals surface area contributed by atoms with Crippen LogP contribution in [0.2, 0.25) is 0 Å². The van der Waals surface area contributed by atoms with Gasteiger partial charge in [0, 0.05) is 18.5 Å². The highest BCUT2D eigenvalue weighted by atomic mass is 16.5. The number of imide groups is 1. The lowest BCUT2D eigenvalue weighted by Gasteiger charge is -2.29. The summed E-state index contributed by atoms with van der Waals surface area (Å²) < 4.78 is 5.68. The standard InChI is InChI=1S/C22H22N2O4/c1-13(2)28-17-6-3-14(4-7-17)15-5-8-18-16(11-15)12-24(22(18)27)19-9-10-20(25)23-21(19)26/h3-8,11,13,19H,9-10,12H2,1-2H3,(H,23,25,26). The van der Waals surface area contributed by atoms with E-state index >= 15 is 0 Å². The molecule has 0 spiro atoms. The molecule has 0 bridgehead atoms. The van der Waals surface area contributed by atoms with Crippen LogP contribution in [0, 0.1) is 0 Å². The number of ether oxygens (including phenoxy) is 1. The highest BCUT2D eigenvalue weighted by Gasteiger charge is 2.39. The van der Waals surface area contributed by atoms with Crippen LogP contribution in [0.5, 0.6) is 5.75 Å². The zero-order valence-corrected chi connectivity index (χ0v) is 15.9. The topological polar surface area (TPSA) is 75.7 Å². The van der Waals surface area contributed by atoms with Crippen molar-refractivity contribution in [2.45, 2.75) is 45.4 Å². The Morgan fingerprint density at radius 3 is 2.43 bits per heavy atom. The molecule has 144 valence electrons. The van der Waals surface area contributed by atoms with E-state index in [2.05, 4.69) is 5.32 Å². The summed E-state index contributed by atoms with van der Waals surface area (Å²) >= 11 is 0. The Bertz CT molecular complexity index is 950. The number of piperidine rings is 1. The summed E-state index contributed by atoms with van der Waals surface area (Å²) in [6.07, 6.45) is 0.747. The van der Waals surface area contributed by atoms with Crippen molar-refractivity contribution in [1.82, 2.24) is 10.2 Å². The van der Waals surface area contributed by atoms with Crippen LogP contribution in [-0.2, 0) is 16.1 Å². The van der Waals surface area contributed by atoms with E-state index in [4.69, 9.17) is 4.74 Å². The van der Waals surface area contributed by atoms with E-state index in [9.17, 15) is 14.4 Å². The fraction of sp³-hybridized carbons (Fsp3) is 0.318. The van der Waals surface area contributed by atoms with Gasteiger partial charge in [0.25, 0.3) is 5.91 Å². The maximum Gasteiger partial charge on any atom is 0.255 e. The first-order chi connectivity index (χ1) is 13.4. The number of rotatable bonds is 4. The molecule has 1 N–H and O–H groups in total. The number of hydrogen-bond acceptors (Lipinski definition) is 4. The van der Waals surface area contributed by atoms with Crippen molar-refractivity contribution in [3.8, 4) is 16.9 Å². The number of carbonyl (C=O) groups is 3. The van der Waals surface area contributed by atoms with Crippen LogP contribution >= 0.6 is 0 Å². The van der Waals surface area contributed by atoms with Crippen LogP contribution in [-0.4, -0.2) is 34.8 Å². The van der Waals surface area contributed by atoms with Crippen LogP contribution in [0.15, 0.2) is 42.5 Å². The van der Waals surface area contributed by atoms with Crippen LogP contribution in [0.1, 0.15) is 42.6 Å². The van der Waals surface area contributed by atoms with Gasteiger partial charge in [-0.25, -0.2) is 0 Å². The van der Waals surface area contributed by atoms with E-state index in [1.165, 1.54) is 0 Å². The summed E-state index contributed by atoms with van der Waals surface area (Å²) in [6, 6.07) is 13.0. The van der Waals surface area contributed by atoms with Crippen molar-refractivity contribution >= 4 is 17.7 Å². The van der Waals surface area contributed by atoms with Gasteiger partial charge in [0.1, 0.15) is 11.8 Å². The van der Waals surface area contributed by atoms with Crippen LogP contribution in [0.25, 0.3) is 11.1 Å². The van der Waals surface area contributed by atoms with Gasteiger partial charge in [0.2, 0.25) is 11.8 Å². The van der Waals surface area contributed by atoms with E-state index in [0.717, 1.165) is 22.4 Å². The van der Waals surface area contributed by atoms with Gasteiger partial charge in [-0.3, -0.25) is 19.7 Å². The Morgan fingerprint density at radius 2 is 1.75 bits per heavy atom. The average Bonchev–Trinajstić information content (AvgIpc) is 2.98. The molecule has 3 amide bonds. The van der Waals surface area contributed by atoms with Crippen LogP contribution in [0.3, 0.4) is 0 Å². The smallest absolute Gasteiger partial charge is 0.255 e. The third kappa shape index (κ3) is 3.38. The zero-order valence-electron chi connectivity index (χ0n) is 15.9. The Balaban J connectivity index is 1.55. The fourth-order valence-electron chi connectivity index (χ4n) is 3.75. The monoisotopic (exact) mass is 378 g/mol. The molecule has 0 saturated carbocycles. The number of nitrogens with one attached hydrogen (secondary N) is 1.